The summed E-state index contributed by atoms with van der Waals surface area (Å²) in [4.78, 5) is 10.8. The summed E-state index contributed by atoms with van der Waals surface area (Å²) < 4.78 is 92.6. The first-order valence-electron chi connectivity index (χ1n) is 11.1. The molecule has 2 aromatic carbocycles. The third-order valence-electron chi connectivity index (χ3n) is 6.72. The molecule has 0 bridgehead atoms. The number of carbonyl (C=O) groups excluding carboxylic acids is 1. The third-order valence-corrected chi connectivity index (χ3v) is 11.2. The van der Waals surface area contributed by atoms with Gasteiger partial charge >= 0.3 is 0 Å². The highest BCUT2D eigenvalue weighted by atomic mass is 35.5. The number of rotatable bonds is 8. The molecule has 8 nitrogen and oxygen atoms in total. The minimum absolute atomic E-state index is 0.140. The van der Waals surface area contributed by atoms with Gasteiger partial charge in [-0.1, -0.05) is 11.6 Å². The standard InChI is InChI=1S/C23H24ClF2NO7S2/c24-14-1-3-15(4-2-14)36(31,32)23-9-10-33-19(7-11-35(29,30)12-8-20(27)28)16(23)13-34-22-18(26)6-5-17(25)21(22)23/h1-6,16,19H,7-13H2,(H2,27,28)/t16-,19-,23-/m0/s1. The summed E-state index contributed by atoms with van der Waals surface area (Å²) in [5, 5.41) is 0.290. The van der Waals surface area contributed by atoms with E-state index < -0.39 is 76.8 Å². The fraction of sp³-hybridized carbons (Fsp3) is 0.435. The summed E-state index contributed by atoms with van der Waals surface area (Å²) >= 11 is 5.93. The minimum Gasteiger partial charge on any atom is -0.490 e. The van der Waals surface area contributed by atoms with Crippen LogP contribution in [-0.2, 0) is 34.0 Å². The van der Waals surface area contributed by atoms with Crippen molar-refractivity contribution in [3.63, 3.8) is 0 Å². The Labute approximate surface area is 212 Å². The smallest absolute Gasteiger partial charge is 0.218 e. The number of hydrogen-bond donors (Lipinski definition) is 1. The number of fused-ring (bicyclic) bond motifs is 3. The molecule has 2 aromatic rings. The number of sulfone groups is 2. The highest BCUT2D eigenvalue weighted by Gasteiger charge is 2.61. The Morgan fingerprint density at radius 1 is 1.06 bits per heavy atom. The van der Waals surface area contributed by atoms with Crippen molar-refractivity contribution in [2.45, 2.75) is 35.0 Å². The van der Waals surface area contributed by atoms with E-state index in [0.29, 0.717) is 5.02 Å². The molecule has 0 aliphatic carbocycles. The number of halogens is 3. The second-order valence-corrected chi connectivity index (χ2v) is 13.8. The van der Waals surface area contributed by atoms with Gasteiger partial charge in [0, 0.05) is 24.0 Å². The molecule has 0 unspecified atom stereocenters. The molecule has 1 fully saturated rings. The fourth-order valence-corrected chi connectivity index (χ4v) is 8.77. The molecular weight excluding hydrogens is 540 g/mol. The maximum atomic E-state index is 15.3. The van der Waals surface area contributed by atoms with E-state index in [9.17, 15) is 26.0 Å². The summed E-state index contributed by atoms with van der Waals surface area (Å²) in [5.74, 6) is -5.06. The first kappa shape index (κ1) is 26.8. The lowest BCUT2D eigenvalue weighted by Gasteiger charge is -2.50. The third kappa shape index (κ3) is 4.71. The van der Waals surface area contributed by atoms with E-state index in [2.05, 4.69) is 0 Å². The zero-order valence-corrected chi connectivity index (χ0v) is 21.3. The first-order valence-corrected chi connectivity index (χ1v) is 14.8. The van der Waals surface area contributed by atoms with Crippen LogP contribution < -0.4 is 10.5 Å². The number of ether oxygens (including phenoxy) is 2. The summed E-state index contributed by atoms with van der Waals surface area (Å²) in [6, 6.07) is 7.04. The van der Waals surface area contributed by atoms with Crippen molar-refractivity contribution in [1.29, 1.82) is 0 Å². The quantitative estimate of drug-likeness (QED) is 0.522. The molecule has 2 aliphatic heterocycles. The van der Waals surface area contributed by atoms with E-state index in [1.807, 2.05) is 0 Å². The van der Waals surface area contributed by atoms with Gasteiger partial charge < -0.3 is 15.2 Å². The van der Waals surface area contributed by atoms with Crippen molar-refractivity contribution in [3.05, 3.63) is 58.6 Å². The van der Waals surface area contributed by atoms with Crippen LogP contribution in [0.4, 0.5) is 8.78 Å². The summed E-state index contributed by atoms with van der Waals surface area (Å²) in [5.41, 5.74) is 4.61. The van der Waals surface area contributed by atoms with E-state index in [1.54, 1.807) is 0 Å². The lowest BCUT2D eigenvalue weighted by molar-refractivity contribution is -0.117. The molecule has 0 aromatic heterocycles. The number of nitrogens with two attached hydrogens (primary N) is 1. The number of carbonyl (C=O) groups is 1. The number of benzene rings is 2. The van der Waals surface area contributed by atoms with Gasteiger partial charge in [-0.2, -0.15) is 0 Å². The van der Waals surface area contributed by atoms with Crippen LogP contribution in [0.25, 0.3) is 0 Å². The lowest BCUT2D eigenvalue weighted by atomic mass is 9.75. The summed E-state index contributed by atoms with van der Waals surface area (Å²) in [6.45, 7) is -0.489. The van der Waals surface area contributed by atoms with Crippen molar-refractivity contribution >= 4 is 37.2 Å². The average Bonchev–Trinajstić information content (AvgIpc) is 2.83. The predicted molar refractivity (Wildman–Crippen MR) is 127 cm³/mol. The predicted octanol–water partition coefficient (Wildman–Crippen LogP) is 2.77. The van der Waals surface area contributed by atoms with Gasteiger partial charge in [-0.3, -0.25) is 4.79 Å². The van der Waals surface area contributed by atoms with Crippen LogP contribution in [0, 0.1) is 17.6 Å². The molecule has 1 amide bonds. The van der Waals surface area contributed by atoms with Crippen LogP contribution in [0.2, 0.25) is 5.02 Å². The van der Waals surface area contributed by atoms with Crippen molar-refractivity contribution in [2.75, 3.05) is 24.7 Å². The van der Waals surface area contributed by atoms with Crippen molar-refractivity contribution < 1.29 is 39.9 Å². The maximum Gasteiger partial charge on any atom is 0.218 e. The van der Waals surface area contributed by atoms with E-state index in [1.165, 1.54) is 24.3 Å². The molecule has 3 atom stereocenters. The molecule has 4 rings (SSSR count). The Kier molecular flexibility index (Phi) is 7.35. The molecule has 0 spiro atoms. The second-order valence-electron chi connectivity index (χ2n) is 8.81. The SMILES string of the molecule is NC(=O)CCS(=O)(=O)CC[C@@H]1OCC[C@@]2(S(=O)(=O)c3ccc(Cl)cc3)c3c(F)ccc(F)c3OC[C@@H]12. The van der Waals surface area contributed by atoms with Crippen LogP contribution in [0.1, 0.15) is 24.8 Å². The topological polar surface area (TPSA) is 130 Å². The van der Waals surface area contributed by atoms with Crippen LogP contribution >= 0.6 is 11.6 Å². The molecule has 2 aliphatic rings. The molecule has 13 heteroatoms. The molecule has 0 radical (unpaired) electrons. The highest BCUT2D eigenvalue weighted by Crippen LogP contribution is 2.55. The van der Waals surface area contributed by atoms with Crippen LogP contribution in [-0.4, -0.2) is 53.6 Å². The molecule has 36 heavy (non-hydrogen) atoms. The van der Waals surface area contributed by atoms with E-state index in [0.717, 1.165) is 12.1 Å². The Hall–Kier alpha value is -2.28. The van der Waals surface area contributed by atoms with E-state index >= 15 is 4.39 Å². The van der Waals surface area contributed by atoms with Crippen LogP contribution in [0.3, 0.4) is 0 Å². The molecule has 1 saturated heterocycles. The zero-order chi connectivity index (χ0) is 26.3. The molecule has 0 saturated carbocycles. The molecular formula is C23H24ClF2NO7S2. The Morgan fingerprint density at radius 2 is 1.72 bits per heavy atom. The van der Waals surface area contributed by atoms with Gasteiger partial charge in [0.2, 0.25) is 5.91 Å². The van der Waals surface area contributed by atoms with Gasteiger partial charge in [0.25, 0.3) is 0 Å². The van der Waals surface area contributed by atoms with Gasteiger partial charge in [-0.25, -0.2) is 25.6 Å². The monoisotopic (exact) mass is 563 g/mol. The number of primary amides is 1. The van der Waals surface area contributed by atoms with Gasteiger partial charge in [-0.05, 0) is 49.2 Å². The van der Waals surface area contributed by atoms with Gasteiger partial charge in [-0.15, -0.1) is 0 Å². The highest BCUT2D eigenvalue weighted by molar-refractivity contribution is 7.92. The van der Waals surface area contributed by atoms with E-state index in [-0.39, 0.29) is 37.4 Å². The minimum atomic E-state index is -4.40. The van der Waals surface area contributed by atoms with Crippen LogP contribution in [0.5, 0.6) is 5.75 Å². The molecule has 196 valence electrons. The Morgan fingerprint density at radius 3 is 2.39 bits per heavy atom. The molecule has 2 heterocycles. The van der Waals surface area contributed by atoms with Gasteiger partial charge in [0.05, 0.1) is 34.7 Å². The van der Waals surface area contributed by atoms with Gasteiger partial charge in [0.1, 0.15) is 10.6 Å². The van der Waals surface area contributed by atoms with Crippen molar-refractivity contribution in [1.82, 2.24) is 0 Å². The first-order chi connectivity index (χ1) is 16.9. The van der Waals surface area contributed by atoms with E-state index in [4.69, 9.17) is 26.8 Å². The second kappa shape index (κ2) is 9.88. The van der Waals surface area contributed by atoms with Crippen molar-refractivity contribution in [3.8, 4) is 5.75 Å². The fourth-order valence-electron chi connectivity index (χ4n) is 4.99. The number of amides is 1. The largest absolute Gasteiger partial charge is 0.490 e. The molecule has 2 N–H and O–H groups in total. The lowest BCUT2D eigenvalue weighted by Crippen LogP contribution is -2.57. The average molecular weight is 564 g/mol. The maximum absolute atomic E-state index is 15.3. The van der Waals surface area contributed by atoms with Crippen LogP contribution in [0.15, 0.2) is 41.3 Å². The number of hydrogen-bond acceptors (Lipinski definition) is 7. The summed E-state index contributed by atoms with van der Waals surface area (Å²) in [6.07, 6.45) is -1.67. The Balaban J connectivity index is 1.81. The summed E-state index contributed by atoms with van der Waals surface area (Å²) in [7, 11) is -8.12. The van der Waals surface area contributed by atoms with Gasteiger partial charge in [0.15, 0.2) is 31.2 Å². The normalized spacial score (nSPS) is 23.9. The zero-order valence-electron chi connectivity index (χ0n) is 19.0. The van der Waals surface area contributed by atoms with Crippen molar-refractivity contribution in [2.24, 2.45) is 11.7 Å². The Bertz CT molecular complexity index is 1380.